The van der Waals surface area contributed by atoms with E-state index in [1.807, 2.05) is 0 Å². The fourth-order valence-corrected chi connectivity index (χ4v) is 3.66. The van der Waals surface area contributed by atoms with Gasteiger partial charge in [0.25, 0.3) is 0 Å². The first-order valence-electron chi connectivity index (χ1n) is 7.66. The third-order valence-corrected chi connectivity index (χ3v) is 6.02. The Morgan fingerprint density at radius 1 is 1.16 bits per heavy atom. The van der Waals surface area contributed by atoms with Crippen molar-refractivity contribution in [1.82, 2.24) is 4.31 Å². The van der Waals surface area contributed by atoms with Gasteiger partial charge in [0, 0.05) is 24.5 Å². The van der Waals surface area contributed by atoms with Crippen LogP contribution in [0, 0.1) is 0 Å². The first kappa shape index (κ1) is 17.2. The number of phenols is 1. The summed E-state index contributed by atoms with van der Waals surface area (Å²) in [4.78, 5) is 12.8. The lowest BCUT2D eigenvalue weighted by Gasteiger charge is -2.14. The van der Waals surface area contributed by atoms with Crippen molar-refractivity contribution in [3.05, 3.63) is 59.9 Å². The van der Waals surface area contributed by atoms with Gasteiger partial charge in [-0.15, -0.1) is 0 Å². The molecule has 0 radical (unpaired) electrons. The molecule has 6 nitrogen and oxygen atoms in total. The smallest absolute Gasteiger partial charge is 0.242 e. The van der Waals surface area contributed by atoms with Crippen molar-refractivity contribution in [3.8, 4) is 5.75 Å². The zero-order valence-electron chi connectivity index (χ0n) is 13.8. The molecule has 0 aliphatic heterocycles. The Balaban J connectivity index is 1.97. The zero-order valence-corrected chi connectivity index (χ0v) is 14.6. The summed E-state index contributed by atoms with van der Waals surface area (Å²) in [7, 11) is -2.06. The zero-order chi connectivity index (χ0) is 18.2. The standard InChI is InChI=1S/C18H17NO5S/c1-3-19(2)25(22,23)14-7-4-12(5-8-14)18(21)16-11-24-17-9-6-13(20)10-15(16)17/h4-11,20H,3H2,1-2H3. The molecule has 1 heterocycles. The van der Waals surface area contributed by atoms with E-state index in [0.29, 0.717) is 28.6 Å². The minimum absolute atomic E-state index is 0.0343. The molecule has 0 unspecified atom stereocenters. The lowest BCUT2D eigenvalue weighted by atomic mass is 10.0. The van der Waals surface area contributed by atoms with Crippen molar-refractivity contribution in [2.45, 2.75) is 11.8 Å². The minimum atomic E-state index is -3.56. The molecule has 0 aliphatic rings. The number of benzene rings is 2. The fourth-order valence-electron chi connectivity index (χ4n) is 2.48. The summed E-state index contributed by atoms with van der Waals surface area (Å²) < 4.78 is 31.1. The highest BCUT2D eigenvalue weighted by molar-refractivity contribution is 7.89. The SMILES string of the molecule is CCN(C)S(=O)(=O)c1ccc(C(=O)c2coc3ccc(O)cc23)cc1. The number of nitrogens with zero attached hydrogens (tertiary/aromatic N) is 1. The Hall–Kier alpha value is -2.64. The van der Waals surface area contributed by atoms with Crippen molar-refractivity contribution in [1.29, 1.82) is 0 Å². The lowest BCUT2D eigenvalue weighted by molar-refractivity contribution is 0.103. The second-order valence-electron chi connectivity index (χ2n) is 5.60. The first-order valence-corrected chi connectivity index (χ1v) is 9.10. The van der Waals surface area contributed by atoms with Crippen molar-refractivity contribution in [2.24, 2.45) is 0 Å². The summed E-state index contributed by atoms with van der Waals surface area (Å²) in [6.07, 6.45) is 1.34. The van der Waals surface area contributed by atoms with Gasteiger partial charge in [-0.2, -0.15) is 0 Å². The summed E-state index contributed by atoms with van der Waals surface area (Å²) in [6, 6.07) is 10.3. The molecule has 0 bridgehead atoms. The predicted molar refractivity (Wildman–Crippen MR) is 93.2 cm³/mol. The lowest BCUT2D eigenvalue weighted by Crippen LogP contribution is -2.26. The Kier molecular flexibility index (Phi) is 4.36. The summed E-state index contributed by atoms with van der Waals surface area (Å²) in [6.45, 7) is 2.10. The van der Waals surface area contributed by atoms with E-state index in [4.69, 9.17) is 4.42 Å². The number of fused-ring (bicyclic) bond motifs is 1. The van der Waals surface area contributed by atoms with Crippen LogP contribution in [0.5, 0.6) is 5.75 Å². The fraction of sp³-hybridized carbons (Fsp3) is 0.167. The average molecular weight is 359 g/mol. The Bertz CT molecular complexity index is 1040. The van der Waals surface area contributed by atoms with Gasteiger partial charge in [-0.25, -0.2) is 12.7 Å². The topological polar surface area (TPSA) is 87.8 Å². The maximum Gasteiger partial charge on any atom is 0.242 e. The molecule has 2 aromatic carbocycles. The summed E-state index contributed by atoms with van der Waals surface area (Å²) in [5, 5.41) is 10.1. The highest BCUT2D eigenvalue weighted by atomic mass is 32.2. The number of ketones is 1. The van der Waals surface area contributed by atoms with E-state index in [1.54, 1.807) is 13.0 Å². The van der Waals surface area contributed by atoms with Crippen LogP contribution in [0.15, 0.2) is 58.0 Å². The Labute approximate surface area is 145 Å². The molecule has 130 valence electrons. The molecule has 0 atom stereocenters. The van der Waals surface area contributed by atoms with Gasteiger partial charge in [0.1, 0.15) is 17.6 Å². The van der Waals surface area contributed by atoms with Crippen LogP contribution in [-0.2, 0) is 10.0 Å². The number of carbonyl (C=O) groups excluding carboxylic acids is 1. The third kappa shape index (κ3) is 3.04. The van der Waals surface area contributed by atoms with Gasteiger partial charge in [0.05, 0.1) is 10.5 Å². The van der Waals surface area contributed by atoms with E-state index in [0.717, 1.165) is 0 Å². The maximum atomic E-state index is 12.7. The van der Waals surface area contributed by atoms with E-state index < -0.39 is 10.0 Å². The van der Waals surface area contributed by atoms with E-state index in [2.05, 4.69) is 0 Å². The number of hydrogen-bond acceptors (Lipinski definition) is 5. The predicted octanol–water partition coefficient (Wildman–Crippen LogP) is 3.01. The normalized spacial score (nSPS) is 12.0. The molecule has 1 aromatic heterocycles. The number of sulfonamides is 1. The van der Waals surface area contributed by atoms with Gasteiger partial charge < -0.3 is 9.52 Å². The Morgan fingerprint density at radius 3 is 2.48 bits per heavy atom. The number of phenolic OH excluding ortho intramolecular Hbond substituents is 1. The minimum Gasteiger partial charge on any atom is -0.508 e. The largest absolute Gasteiger partial charge is 0.508 e. The van der Waals surface area contributed by atoms with Gasteiger partial charge in [-0.3, -0.25) is 4.79 Å². The summed E-state index contributed by atoms with van der Waals surface area (Å²) in [5.74, 6) is -0.274. The molecule has 0 saturated carbocycles. The summed E-state index contributed by atoms with van der Waals surface area (Å²) >= 11 is 0. The van der Waals surface area contributed by atoms with Gasteiger partial charge in [-0.05, 0) is 42.5 Å². The molecule has 3 rings (SSSR count). The molecule has 0 amide bonds. The van der Waals surface area contributed by atoms with Crippen LogP contribution in [0.25, 0.3) is 11.0 Å². The molecule has 1 N–H and O–H groups in total. The van der Waals surface area contributed by atoms with Crippen LogP contribution in [0.2, 0.25) is 0 Å². The number of carbonyl (C=O) groups is 1. The molecular formula is C18H17NO5S. The average Bonchev–Trinajstić information content (AvgIpc) is 3.03. The number of furan rings is 1. The van der Waals surface area contributed by atoms with Crippen LogP contribution in [0.3, 0.4) is 0 Å². The molecule has 0 saturated heterocycles. The maximum absolute atomic E-state index is 12.7. The van der Waals surface area contributed by atoms with Crippen LogP contribution in [-0.4, -0.2) is 37.2 Å². The molecule has 3 aromatic rings. The van der Waals surface area contributed by atoms with Crippen molar-refractivity contribution in [3.63, 3.8) is 0 Å². The van der Waals surface area contributed by atoms with Gasteiger partial charge >= 0.3 is 0 Å². The second kappa shape index (κ2) is 6.34. The number of aromatic hydroxyl groups is 1. The molecule has 0 fully saturated rings. The van der Waals surface area contributed by atoms with Crippen LogP contribution < -0.4 is 0 Å². The van der Waals surface area contributed by atoms with Gasteiger partial charge in [-0.1, -0.05) is 6.92 Å². The van der Waals surface area contributed by atoms with E-state index in [9.17, 15) is 18.3 Å². The quantitative estimate of drug-likeness (QED) is 0.708. The van der Waals surface area contributed by atoms with Gasteiger partial charge in [0.15, 0.2) is 5.78 Å². The van der Waals surface area contributed by atoms with E-state index in [-0.39, 0.29) is 16.4 Å². The molecule has 0 spiro atoms. The molecule has 7 heteroatoms. The summed E-state index contributed by atoms with van der Waals surface area (Å²) in [5.41, 5.74) is 1.14. The Morgan fingerprint density at radius 2 is 1.84 bits per heavy atom. The highest BCUT2D eigenvalue weighted by Crippen LogP contribution is 2.27. The third-order valence-electron chi connectivity index (χ3n) is 4.07. The molecular weight excluding hydrogens is 342 g/mol. The van der Waals surface area contributed by atoms with Crippen LogP contribution in [0.4, 0.5) is 0 Å². The van der Waals surface area contributed by atoms with Crippen LogP contribution in [0.1, 0.15) is 22.8 Å². The second-order valence-corrected chi connectivity index (χ2v) is 7.65. The highest BCUT2D eigenvalue weighted by Gasteiger charge is 2.21. The van der Waals surface area contributed by atoms with Gasteiger partial charge in [0.2, 0.25) is 10.0 Å². The molecule has 25 heavy (non-hydrogen) atoms. The monoisotopic (exact) mass is 359 g/mol. The molecule has 0 aliphatic carbocycles. The number of rotatable bonds is 5. The number of hydrogen-bond donors (Lipinski definition) is 1. The van der Waals surface area contributed by atoms with Crippen molar-refractivity contribution >= 4 is 26.8 Å². The van der Waals surface area contributed by atoms with E-state index in [1.165, 1.54) is 54.0 Å². The van der Waals surface area contributed by atoms with E-state index >= 15 is 0 Å². The van der Waals surface area contributed by atoms with Crippen molar-refractivity contribution in [2.75, 3.05) is 13.6 Å². The van der Waals surface area contributed by atoms with Crippen molar-refractivity contribution < 1.29 is 22.7 Å². The first-order chi connectivity index (χ1) is 11.8. The van der Waals surface area contributed by atoms with Crippen LogP contribution >= 0.6 is 0 Å².